The largest absolute Gasteiger partial charge is 0.364 e. The van der Waals surface area contributed by atoms with Gasteiger partial charge < -0.3 is 9.64 Å². The van der Waals surface area contributed by atoms with E-state index in [9.17, 15) is 0 Å². The minimum absolute atomic E-state index is 0.600. The second-order valence-electron chi connectivity index (χ2n) is 2.57. The highest BCUT2D eigenvalue weighted by Gasteiger charge is 2.02. The lowest BCUT2D eigenvalue weighted by Crippen LogP contribution is -2.19. The fraction of sp³-hybridized carbons (Fsp3) is 0.333. The first kappa shape index (κ1) is 9.55. The molecular formula is C9H12BrNO. The first-order chi connectivity index (χ1) is 5.75. The molecule has 0 aromatic heterocycles. The van der Waals surface area contributed by atoms with Crippen LogP contribution in [0.4, 0.5) is 5.69 Å². The van der Waals surface area contributed by atoms with Crippen molar-refractivity contribution in [3.63, 3.8) is 0 Å². The van der Waals surface area contributed by atoms with Gasteiger partial charge in [0.2, 0.25) is 0 Å². The molecule has 1 rings (SSSR count). The van der Waals surface area contributed by atoms with Crippen LogP contribution in [0.2, 0.25) is 0 Å². The quantitative estimate of drug-likeness (QED) is 0.739. The Kier molecular flexibility index (Phi) is 3.56. The number of ether oxygens (including phenoxy) is 1. The van der Waals surface area contributed by atoms with Gasteiger partial charge in [0.05, 0.1) is 5.69 Å². The Hall–Kier alpha value is -0.540. The number of nitrogens with zero attached hydrogens (tertiary/aromatic N) is 1. The van der Waals surface area contributed by atoms with Gasteiger partial charge in [-0.15, -0.1) is 0 Å². The van der Waals surface area contributed by atoms with E-state index in [4.69, 9.17) is 4.74 Å². The van der Waals surface area contributed by atoms with E-state index < -0.39 is 0 Å². The molecule has 0 radical (unpaired) electrons. The monoisotopic (exact) mass is 229 g/mol. The zero-order valence-corrected chi connectivity index (χ0v) is 8.84. The Balaban J connectivity index is 2.79. The summed E-state index contributed by atoms with van der Waals surface area (Å²) >= 11 is 3.47. The molecule has 0 bridgehead atoms. The van der Waals surface area contributed by atoms with Crippen molar-refractivity contribution >= 4 is 21.6 Å². The molecule has 1 aromatic carbocycles. The van der Waals surface area contributed by atoms with Gasteiger partial charge in [0.1, 0.15) is 6.73 Å². The third-order valence-corrected chi connectivity index (χ3v) is 2.26. The predicted molar refractivity (Wildman–Crippen MR) is 54.4 cm³/mol. The van der Waals surface area contributed by atoms with E-state index >= 15 is 0 Å². The van der Waals surface area contributed by atoms with Crippen LogP contribution >= 0.6 is 15.9 Å². The molecule has 0 aliphatic carbocycles. The number of hydrogen-bond acceptors (Lipinski definition) is 2. The summed E-state index contributed by atoms with van der Waals surface area (Å²) in [7, 11) is 3.68. The lowest BCUT2D eigenvalue weighted by atomic mass is 10.3. The molecule has 66 valence electrons. The highest BCUT2D eigenvalue weighted by molar-refractivity contribution is 9.10. The maximum absolute atomic E-state index is 5.02. The maximum Gasteiger partial charge on any atom is 0.118 e. The molecule has 0 atom stereocenters. The van der Waals surface area contributed by atoms with E-state index in [1.807, 2.05) is 36.2 Å². The number of para-hydroxylation sites is 1. The number of halogens is 1. The van der Waals surface area contributed by atoms with E-state index in [0.717, 1.165) is 10.2 Å². The van der Waals surface area contributed by atoms with Crippen LogP contribution in [0.1, 0.15) is 0 Å². The third kappa shape index (κ3) is 2.22. The van der Waals surface area contributed by atoms with Crippen LogP contribution in [0.5, 0.6) is 0 Å². The average molecular weight is 230 g/mol. The van der Waals surface area contributed by atoms with Crippen LogP contribution < -0.4 is 4.90 Å². The van der Waals surface area contributed by atoms with Crippen molar-refractivity contribution in [3.8, 4) is 0 Å². The summed E-state index contributed by atoms with van der Waals surface area (Å²) in [5.41, 5.74) is 1.14. The molecule has 0 aliphatic rings. The topological polar surface area (TPSA) is 12.5 Å². The molecule has 12 heavy (non-hydrogen) atoms. The molecule has 0 aliphatic heterocycles. The number of rotatable bonds is 3. The van der Waals surface area contributed by atoms with Gasteiger partial charge >= 0.3 is 0 Å². The van der Waals surface area contributed by atoms with Crippen molar-refractivity contribution in [3.05, 3.63) is 28.7 Å². The Bertz CT molecular complexity index is 252. The van der Waals surface area contributed by atoms with Gasteiger partial charge in [0.15, 0.2) is 0 Å². The molecule has 0 N–H and O–H groups in total. The minimum Gasteiger partial charge on any atom is -0.364 e. The highest BCUT2D eigenvalue weighted by atomic mass is 79.9. The summed E-state index contributed by atoms with van der Waals surface area (Å²) in [5.74, 6) is 0. The van der Waals surface area contributed by atoms with Crippen LogP contribution in [0, 0.1) is 0 Å². The normalized spacial score (nSPS) is 9.92. The van der Waals surface area contributed by atoms with E-state index in [2.05, 4.69) is 15.9 Å². The van der Waals surface area contributed by atoms with Crippen molar-refractivity contribution in [2.24, 2.45) is 0 Å². The van der Waals surface area contributed by atoms with E-state index in [1.54, 1.807) is 7.11 Å². The summed E-state index contributed by atoms with van der Waals surface area (Å²) in [6.07, 6.45) is 0. The van der Waals surface area contributed by atoms with Crippen LogP contribution in [-0.4, -0.2) is 20.9 Å². The van der Waals surface area contributed by atoms with Gasteiger partial charge in [0, 0.05) is 18.6 Å². The molecule has 1 aromatic rings. The van der Waals surface area contributed by atoms with Crippen LogP contribution in [0.15, 0.2) is 28.7 Å². The zero-order chi connectivity index (χ0) is 8.97. The van der Waals surface area contributed by atoms with Crippen LogP contribution in [0.25, 0.3) is 0 Å². The van der Waals surface area contributed by atoms with E-state index in [0.29, 0.717) is 6.73 Å². The molecule has 2 nitrogen and oxygen atoms in total. The first-order valence-electron chi connectivity index (χ1n) is 3.70. The van der Waals surface area contributed by atoms with Gasteiger partial charge in [-0.3, -0.25) is 0 Å². The van der Waals surface area contributed by atoms with Gasteiger partial charge in [0.25, 0.3) is 0 Å². The lowest BCUT2D eigenvalue weighted by Gasteiger charge is -2.18. The molecule has 3 heteroatoms. The fourth-order valence-corrected chi connectivity index (χ4v) is 1.61. The summed E-state index contributed by atoms with van der Waals surface area (Å²) in [6.45, 7) is 0.600. The van der Waals surface area contributed by atoms with E-state index in [1.165, 1.54) is 0 Å². The summed E-state index contributed by atoms with van der Waals surface area (Å²) in [5, 5.41) is 0. The number of hydrogen-bond donors (Lipinski definition) is 0. The molecule has 0 saturated carbocycles. The number of methoxy groups -OCH3 is 1. The fourth-order valence-electron chi connectivity index (χ4n) is 1.02. The molecule has 0 saturated heterocycles. The Morgan fingerprint density at radius 2 is 2.08 bits per heavy atom. The second-order valence-corrected chi connectivity index (χ2v) is 3.42. The summed E-state index contributed by atoms with van der Waals surface area (Å²) in [6, 6.07) is 8.06. The average Bonchev–Trinajstić information content (AvgIpc) is 2.05. The molecular weight excluding hydrogens is 218 g/mol. The van der Waals surface area contributed by atoms with Crippen molar-refractivity contribution < 1.29 is 4.74 Å². The van der Waals surface area contributed by atoms with Gasteiger partial charge in [-0.25, -0.2) is 0 Å². The molecule has 0 unspecified atom stereocenters. The standard InChI is InChI=1S/C9H12BrNO/c1-11(7-12-2)9-6-4-3-5-8(9)10/h3-6H,7H2,1-2H3. The van der Waals surface area contributed by atoms with Crippen molar-refractivity contribution in [1.29, 1.82) is 0 Å². The Labute approximate surface area is 81.3 Å². The first-order valence-corrected chi connectivity index (χ1v) is 4.49. The second kappa shape index (κ2) is 4.48. The SMILES string of the molecule is COCN(C)c1ccccc1Br. The van der Waals surface area contributed by atoms with Crippen molar-refractivity contribution in [2.45, 2.75) is 0 Å². The van der Waals surface area contributed by atoms with Gasteiger partial charge in [-0.1, -0.05) is 12.1 Å². The number of benzene rings is 1. The zero-order valence-electron chi connectivity index (χ0n) is 7.25. The van der Waals surface area contributed by atoms with Crippen LogP contribution in [-0.2, 0) is 4.74 Å². The summed E-state index contributed by atoms with van der Waals surface area (Å²) in [4.78, 5) is 2.03. The lowest BCUT2D eigenvalue weighted by molar-refractivity contribution is 0.202. The smallest absolute Gasteiger partial charge is 0.118 e. The molecule has 0 fully saturated rings. The Morgan fingerprint density at radius 3 is 2.67 bits per heavy atom. The molecule has 0 heterocycles. The number of anilines is 1. The minimum atomic E-state index is 0.600. The highest BCUT2D eigenvalue weighted by Crippen LogP contribution is 2.24. The third-order valence-electron chi connectivity index (χ3n) is 1.59. The molecule has 0 amide bonds. The van der Waals surface area contributed by atoms with Crippen molar-refractivity contribution in [2.75, 3.05) is 25.8 Å². The maximum atomic E-state index is 5.02. The predicted octanol–water partition coefficient (Wildman–Crippen LogP) is 2.49. The molecule has 0 spiro atoms. The van der Waals surface area contributed by atoms with Crippen LogP contribution in [0.3, 0.4) is 0 Å². The van der Waals surface area contributed by atoms with E-state index in [-0.39, 0.29) is 0 Å². The van der Waals surface area contributed by atoms with Gasteiger partial charge in [-0.2, -0.15) is 0 Å². The van der Waals surface area contributed by atoms with Crippen molar-refractivity contribution in [1.82, 2.24) is 0 Å². The Morgan fingerprint density at radius 1 is 1.42 bits per heavy atom. The van der Waals surface area contributed by atoms with Gasteiger partial charge in [-0.05, 0) is 28.1 Å². The summed E-state index contributed by atoms with van der Waals surface area (Å²) < 4.78 is 6.11.